The largest absolute Gasteiger partial charge is 0.497 e. The van der Waals surface area contributed by atoms with Crippen molar-refractivity contribution in [1.82, 2.24) is 9.47 Å². The summed E-state index contributed by atoms with van der Waals surface area (Å²) in [6.45, 7) is 4.74. The highest BCUT2D eigenvalue weighted by atomic mass is 32.1. The highest BCUT2D eigenvalue weighted by molar-refractivity contribution is 7.07. The molecule has 0 bridgehead atoms. The number of ether oxygens (including phenoxy) is 2. The van der Waals surface area contributed by atoms with E-state index in [1.54, 1.807) is 43.4 Å². The van der Waals surface area contributed by atoms with Crippen molar-refractivity contribution in [3.8, 4) is 17.6 Å². The van der Waals surface area contributed by atoms with Gasteiger partial charge in [-0.2, -0.15) is 5.26 Å². The molecule has 0 saturated heterocycles. The summed E-state index contributed by atoms with van der Waals surface area (Å²) in [6.07, 6.45) is 1.74. The molecule has 0 aliphatic carbocycles. The molecule has 4 rings (SSSR count). The highest BCUT2D eigenvalue weighted by Gasteiger charge is 2.37. The van der Waals surface area contributed by atoms with Gasteiger partial charge in [-0.3, -0.25) is 14.2 Å². The van der Waals surface area contributed by atoms with Crippen LogP contribution in [0.1, 0.15) is 30.9 Å². The van der Waals surface area contributed by atoms with E-state index in [2.05, 4.69) is 6.07 Å². The van der Waals surface area contributed by atoms with E-state index in [9.17, 15) is 14.9 Å². The summed E-state index contributed by atoms with van der Waals surface area (Å²) < 4.78 is 12.8. The van der Waals surface area contributed by atoms with Crippen LogP contribution in [0.5, 0.6) is 11.5 Å². The maximum atomic E-state index is 13.9. The lowest BCUT2D eigenvalue weighted by Crippen LogP contribution is -2.43. The van der Waals surface area contributed by atoms with Gasteiger partial charge >= 0.3 is 0 Å². The van der Waals surface area contributed by atoms with Crippen molar-refractivity contribution in [1.29, 1.82) is 5.26 Å². The third kappa shape index (κ3) is 4.63. The Morgan fingerprint density at radius 1 is 1.14 bits per heavy atom. The van der Waals surface area contributed by atoms with E-state index in [1.165, 1.54) is 15.9 Å². The van der Waals surface area contributed by atoms with E-state index >= 15 is 0 Å². The summed E-state index contributed by atoms with van der Waals surface area (Å²) in [5.41, 5.74) is 8.02. The molecule has 2 aromatic carbocycles. The molecule has 1 amide bonds. The summed E-state index contributed by atoms with van der Waals surface area (Å²) in [7, 11) is 3.13. The predicted octanol–water partition coefficient (Wildman–Crippen LogP) is 2.22. The van der Waals surface area contributed by atoms with E-state index < -0.39 is 5.92 Å². The van der Waals surface area contributed by atoms with Gasteiger partial charge in [0.2, 0.25) is 0 Å². The van der Waals surface area contributed by atoms with Crippen LogP contribution in [0, 0.1) is 11.3 Å². The number of nitriles is 1. The fourth-order valence-electron chi connectivity index (χ4n) is 4.47. The number of carbonyl (C=O) groups is 1. The molecule has 1 atom stereocenters. The molecule has 190 valence electrons. The fraction of sp³-hybridized carbons (Fsp3) is 0.250. The van der Waals surface area contributed by atoms with Crippen molar-refractivity contribution in [2.75, 3.05) is 27.3 Å². The average molecular weight is 517 g/mol. The number of amides is 1. The Labute approximate surface area is 218 Å². The number of allylic oxidation sites excluding steroid dienone is 1. The van der Waals surface area contributed by atoms with Crippen molar-refractivity contribution in [2.24, 2.45) is 5.73 Å². The lowest BCUT2D eigenvalue weighted by molar-refractivity contribution is -0.125. The van der Waals surface area contributed by atoms with Gasteiger partial charge < -0.3 is 20.1 Å². The number of nitrogens with two attached hydrogens (primary N) is 1. The Morgan fingerprint density at radius 2 is 1.78 bits per heavy atom. The number of fused-ring (bicyclic) bond motifs is 1. The SMILES string of the molecule is CCN(CC)C(=O)C1=c2s/c(=C/c3cccc(OC)c3)c(=O)n2C(N)=C(C#N)C1c1cccc(OC)c1. The van der Waals surface area contributed by atoms with Crippen LogP contribution in [0.2, 0.25) is 0 Å². The zero-order valence-corrected chi connectivity index (χ0v) is 22.0. The van der Waals surface area contributed by atoms with E-state index in [4.69, 9.17) is 15.2 Å². The summed E-state index contributed by atoms with van der Waals surface area (Å²) >= 11 is 1.18. The minimum absolute atomic E-state index is 0.0213. The number of thiazole rings is 1. The number of carbonyl (C=O) groups excluding carboxylic acids is 1. The molecule has 0 spiro atoms. The van der Waals surface area contributed by atoms with Gasteiger partial charge in [-0.1, -0.05) is 24.3 Å². The first-order chi connectivity index (χ1) is 17.9. The Balaban J connectivity index is 2.10. The van der Waals surface area contributed by atoms with Gasteiger partial charge in [0.25, 0.3) is 11.5 Å². The molecule has 1 aliphatic heterocycles. The highest BCUT2D eigenvalue weighted by Crippen LogP contribution is 2.38. The average Bonchev–Trinajstić information content (AvgIpc) is 3.24. The first-order valence-corrected chi connectivity index (χ1v) is 12.6. The van der Waals surface area contributed by atoms with Crippen molar-refractivity contribution >= 4 is 34.7 Å². The van der Waals surface area contributed by atoms with Crippen LogP contribution >= 0.6 is 11.3 Å². The van der Waals surface area contributed by atoms with Crippen LogP contribution < -0.4 is 30.0 Å². The molecule has 3 aromatic rings. The predicted molar refractivity (Wildman–Crippen MR) is 144 cm³/mol. The minimum Gasteiger partial charge on any atom is -0.497 e. The molecule has 1 unspecified atom stereocenters. The fourth-order valence-corrected chi connectivity index (χ4v) is 5.64. The van der Waals surface area contributed by atoms with E-state index in [1.807, 2.05) is 44.2 Å². The molecule has 1 aliphatic rings. The van der Waals surface area contributed by atoms with Crippen LogP contribution in [-0.4, -0.2) is 42.7 Å². The number of aromatic nitrogens is 1. The van der Waals surface area contributed by atoms with Crippen LogP contribution in [-0.2, 0) is 4.79 Å². The number of rotatable bonds is 7. The second-order valence-electron chi connectivity index (χ2n) is 8.34. The topological polar surface area (TPSA) is 111 Å². The van der Waals surface area contributed by atoms with E-state index in [0.29, 0.717) is 44.9 Å². The number of hydrogen-bond donors (Lipinski definition) is 1. The first kappa shape index (κ1) is 25.8. The number of hydrogen-bond acceptors (Lipinski definition) is 7. The normalized spacial score (nSPS) is 15.3. The van der Waals surface area contributed by atoms with Gasteiger partial charge in [0.05, 0.1) is 41.9 Å². The van der Waals surface area contributed by atoms with Gasteiger partial charge in [-0.05, 0) is 55.3 Å². The maximum Gasteiger partial charge on any atom is 0.274 e. The Morgan fingerprint density at radius 3 is 2.41 bits per heavy atom. The van der Waals surface area contributed by atoms with E-state index in [-0.39, 0.29) is 22.9 Å². The van der Waals surface area contributed by atoms with E-state index in [0.717, 1.165) is 5.56 Å². The van der Waals surface area contributed by atoms with Crippen molar-refractivity contribution in [3.63, 3.8) is 0 Å². The molecule has 0 saturated carbocycles. The summed E-state index contributed by atoms with van der Waals surface area (Å²) in [5, 5.41) is 10.2. The van der Waals surface area contributed by atoms with Gasteiger partial charge in [-0.25, -0.2) is 0 Å². The molecule has 2 N–H and O–H groups in total. The second kappa shape index (κ2) is 10.8. The lowest BCUT2D eigenvalue weighted by atomic mass is 9.83. The minimum atomic E-state index is -0.754. The molecule has 2 heterocycles. The quantitative estimate of drug-likeness (QED) is 0.516. The van der Waals surface area contributed by atoms with Crippen LogP contribution in [0.25, 0.3) is 17.5 Å². The Bertz CT molecular complexity index is 1610. The van der Waals surface area contributed by atoms with Crippen molar-refractivity contribution in [3.05, 3.63) is 84.8 Å². The van der Waals surface area contributed by atoms with Crippen LogP contribution in [0.15, 0.2) is 58.9 Å². The van der Waals surface area contributed by atoms with Gasteiger partial charge in [-0.15, -0.1) is 11.3 Å². The summed E-state index contributed by atoms with van der Waals surface area (Å²) in [4.78, 5) is 29.2. The number of benzene rings is 2. The number of nitrogens with zero attached hydrogens (tertiary/aromatic N) is 3. The van der Waals surface area contributed by atoms with Gasteiger partial charge in [0.1, 0.15) is 22.0 Å². The molecule has 0 radical (unpaired) electrons. The summed E-state index contributed by atoms with van der Waals surface area (Å²) in [5.74, 6) is 0.262. The van der Waals surface area contributed by atoms with Gasteiger partial charge in [0.15, 0.2) is 0 Å². The maximum absolute atomic E-state index is 13.9. The summed E-state index contributed by atoms with van der Waals surface area (Å²) in [6, 6.07) is 16.7. The molecule has 0 fully saturated rings. The molecular weight excluding hydrogens is 488 g/mol. The zero-order valence-electron chi connectivity index (χ0n) is 21.1. The second-order valence-corrected chi connectivity index (χ2v) is 9.38. The molecular formula is C28H28N4O4S. The van der Waals surface area contributed by atoms with Crippen molar-refractivity contribution < 1.29 is 14.3 Å². The zero-order chi connectivity index (χ0) is 26.7. The van der Waals surface area contributed by atoms with Crippen LogP contribution in [0.3, 0.4) is 0 Å². The number of methoxy groups -OCH3 is 2. The van der Waals surface area contributed by atoms with Gasteiger partial charge in [0, 0.05) is 13.1 Å². The smallest absolute Gasteiger partial charge is 0.274 e. The van der Waals surface area contributed by atoms with Crippen molar-refractivity contribution in [2.45, 2.75) is 19.8 Å². The first-order valence-electron chi connectivity index (χ1n) is 11.8. The Kier molecular flexibility index (Phi) is 7.50. The standard InChI is InChI=1S/C28H28N4O4S/c1-5-31(6-2)27(34)24-23(18-10-8-12-20(15-18)36-4)21(16-29)25(30)32-26(33)22(37-28(24)32)14-17-9-7-11-19(13-17)35-3/h7-15,23H,5-6,30H2,1-4H3/b22-14+. The monoisotopic (exact) mass is 516 g/mol. The Hall–Kier alpha value is -4.29. The lowest BCUT2D eigenvalue weighted by Gasteiger charge is -2.29. The van der Waals surface area contributed by atoms with Crippen LogP contribution in [0.4, 0.5) is 0 Å². The molecule has 9 heteroatoms. The molecule has 8 nitrogen and oxygen atoms in total. The third-order valence-corrected chi connectivity index (χ3v) is 7.48. The molecule has 37 heavy (non-hydrogen) atoms. The third-order valence-electron chi connectivity index (χ3n) is 6.37. The molecule has 1 aromatic heterocycles.